The Bertz CT molecular complexity index is 1440. The highest BCUT2D eigenvalue weighted by Crippen LogP contribution is 2.47. The van der Waals surface area contributed by atoms with E-state index < -0.39 is 17.4 Å². The molecule has 2 N–H and O–H groups in total. The van der Waals surface area contributed by atoms with Crippen LogP contribution >= 0.6 is 0 Å². The standard InChI is InChI=1S/C36H45N3O5/c1-26(2)10-8-11-27(3)18-20-39-32-17-16-30(38-21-19-34(38)42)24-31(32)36(44,35(39)43)28(4)12-9-15-33(41)37(22-23-40)25-29-13-6-5-7-14-29/h5-7,9-10,12-14,16-18,24,28,40,44H,8,11,15,19-23,25H2,1-4H3/b12-9+,27-18+/t28-,36+/m0/s1. The second-order valence-electron chi connectivity index (χ2n) is 12.0. The van der Waals surface area contributed by atoms with E-state index in [2.05, 4.69) is 19.9 Å². The first-order valence-electron chi connectivity index (χ1n) is 15.4. The van der Waals surface area contributed by atoms with Gasteiger partial charge in [-0.15, -0.1) is 0 Å². The molecule has 0 spiro atoms. The molecule has 0 aliphatic carbocycles. The van der Waals surface area contributed by atoms with Crippen LogP contribution in [0.5, 0.6) is 0 Å². The zero-order valence-corrected chi connectivity index (χ0v) is 26.3. The Morgan fingerprint density at radius 1 is 1.09 bits per heavy atom. The summed E-state index contributed by atoms with van der Waals surface area (Å²) in [5.74, 6) is -1.23. The number of aliphatic hydroxyl groups excluding tert-OH is 1. The predicted molar refractivity (Wildman–Crippen MR) is 174 cm³/mol. The van der Waals surface area contributed by atoms with Crippen LogP contribution in [0.15, 0.2) is 84.0 Å². The van der Waals surface area contributed by atoms with Crippen LogP contribution in [-0.4, -0.2) is 59.1 Å². The summed E-state index contributed by atoms with van der Waals surface area (Å²) in [5.41, 5.74) is 3.27. The quantitative estimate of drug-likeness (QED) is 0.228. The maximum Gasteiger partial charge on any atom is 0.264 e. The third kappa shape index (κ3) is 7.37. The molecule has 2 aliphatic heterocycles. The summed E-state index contributed by atoms with van der Waals surface area (Å²) in [4.78, 5) is 44.1. The Balaban J connectivity index is 1.55. The first-order chi connectivity index (χ1) is 21.1. The van der Waals surface area contributed by atoms with Gasteiger partial charge in [-0.05, 0) is 57.4 Å². The number of hydrogen-bond acceptors (Lipinski definition) is 5. The summed E-state index contributed by atoms with van der Waals surface area (Å²) >= 11 is 0. The maximum absolute atomic E-state index is 14.0. The molecule has 1 fully saturated rings. The van der Waals surface area contributed by atoms with Crippen LogP contribution in [0.2, 0.25) is 0 Å². The van der Waals surface area contributed by atoms with Crippen molar-refractivity contribution in [2.24, 2.45) is 5.92 Å². The minimum atomic E-state index is -1.86. The molecule has 4 rings (SSSR count). The van der Waals surface area contributed by atoms with E-state index >= 15 is 0 Å². The molecule has 2 aromatic carbocycles. The van der Waals surface area contributed by atoms with Crippen molar-refractivity contribution in [2.45, 2.75) is 65.5 Å². The van der Waals surface area contributed by atoms with Crippen molar-refractivity contribution < 1.29 is 24.6 Å². The Kier molecular flexibility index (Phi) is 10.9. The summed E-state index contributed by atoms with van der Waals surface area (Å²) in [6.07, 6.45) is 9.97. The van der Waals surface area contributed by atoms with E-state index in [1.165, 1.54) is 5.57 Å². The molecule has 0 radical (unpaired) electrons. The van der Waals surface area contributed by atoms with Crippen molar-refractivity contribution in [3.63, 3.8) is 0 Å². The molecule has 8 heteroatoms. The normalized spacial score (nSPS) is 18.8. The summed E-state index contributed by atoms with van der Waals surface area (Å²) in [6.45, 7) is 9.33. The number of benzene rings is 2. The zero-order chi connectivity index (χ0) is 31.9. The second kappa shape index (κ2) is 14.6. The number of allylic oxidation sites excluding steroid dienone is 3. The third-order valence-corrected chi connectivity index (χ3v) is 8.44. The smallest absolute Gasteiger partial charge is 0.264 e. The van der Waals surface area contributed by atoms with Crippen molar-refractivity contribution in [1.29, 1.82) is 0 Å². The van der Waals surface area contributed by atoms with Gasteiger partial charge in [-0.3, -0.25) is 14.4 Å². The first-order valence-corrected chi connectivity index (χ1v) is 15.4. The zero-order valence-electron chi connectivity index (χ0n) is 26.3. The number of carbonyl (C=O) groups excluding carboxylic acids is 3. The van der Waals surface area contributed by atoms with Gasteiger partial charge >= 0.3 is 0 Å². The molecule has 2 aromatic rings. The Labute approximate surface area is 261 Å². The summed E-state index contributed by atoms with van der Waals surface area (Å²) in [5, 5.41) is 21.7. The fourth-order valence-electron chi connectivity index (χ4n) is 5.67. The lowest BCUT2D eigenvalue weighted by molar-refractivity contribution is -0.139. The molecule has 234 valence electrons. The van der Waals surface area contributed by atoms with Crippen LogP contribution in [0.25, 0.3) is 0 Å². The molecular formula is C36H45N3O5. The van der Waals surface area contributed by atoms with Gasteiger partial charge in [0.1, 0.15) is 0 Å². The van der Waals surface area contributed by atoms with Gasteiger partial charge in [-0.1, -0.05) is 72.7 Å². The average molecular weight is 600 g/mol. The van der Waals surface area contributed by atoms with E-state index in [4.69, 9.17) is 0 Å². The number of amides is 3. The van der Waals surface area contributed by atoms with Crippen LogP contribution in [0.3, 0.4) is 0 Å². The Morgan fingerprint density at radius 3 is 2.48 bits per heavy atom. The first kappa shape index (κ1) is 32.9. The molecular weight excluding hydrogens is 554 g/mol. The molecule has 44 heavy (non-hydrogen) atoms. The number of nitrogens with zero attached hydrogens (tertiary/aromatic N) is 3. The Morgan fingerprint density at radius 2 is 1.84 bits per heavy atom. The molecule has 0 saturated carbocycles. The number of hydrogen-bond donors (Lipinski definition) is 2. The lowest BCUT2D eigenvalue weighted by atomic mass is 9.82. The topological polar surface area (TPSA) is 101 Å². The fourth-order valence-corrected chi connectivity index (χ4v) is 5.67. The van der Waals surface area contributed by atoms with Crippen molar-refractivity contribution in [3.05, 3.63) is 95.1 Å². The maximum atomic E-state index is 14.0. The van der Waals surface area contributed by atoms with Gasteiger partial charge in [0, 0.05) is 56.2 Å². The fraction of sp³-hybridized carbons (Fsp3) is 0.417. The van der Waals surface area contributed by atoms with E-state index in [-0.39, 0.29) is 31.4 Å². The molecule has 0 bridgehead atoms. The summed E-state index contributed by atoms with van der Waals surface area (Å²) < 4.78 is 0. The van der Waals surface area contributed by atoms with Gasteiger partial charge in [-0.2, -0.15) is 0 Å². The molecule has 2 aliphatic rings. The Hall–Kier alpha value is -4.01. The van der Waals surface area contributed by atoms with E-state index in [9.17, 15) is 24.6 Å². The minimum absolute atomic E-state index is 0.0129. The van der Waals surface area contributed by atoms with Crippen molar-refractivity contribution in [3.8, 4) is 0 Å². The van der Waals surface area contributed by atoms with E-state index in [1.54, 1.807) is 39.8 Å². The largest absolute Gasteiger partial charge is 0.395 e. The van der Waals surface area contributed by atoms with Crippen LogP contribution in [0.4, 0.5) is 11.4 Å². The molecule has 0 unspecified atom stereocenters. The van der Waals surface area contributed by atoms with E-state index in [1.807, 2.05) is 55.5 Å². The molecule has 8 nitrogen and oxygen atoms in total. The number of fused-ring (bicyclic) bond motifs is 1. The SMILES string of the molecule is CC(C)=CCC/C(C)=C/CN1C(=O)[C@@](O)([C@@H](C)/C=C/CC(=O)N(CCO)Cc2ccccc2)c2cc(N3CCC3=O)ccc21. The number of β-lactam (4-membered cyclic amide) rings is 1. The second-order valence-corrected chi connectivity index (χ2v) is 12.0. The molecule has 2 heterocycles. The summed E-state index contributed by atoms with van der Waals surface area (Å²) in [7, 11) is 0. The number of rotatable bonds is 14. The third-order valence-electron chi connectivity index (χ3n) is 8.44. The van der Waals surface area contributed by atoms with Crippen LogP contribution in [0, 0.1) is 5.92 Å². The lowest BCUT2D eigenvalue weighted by Crippen LogP contribution is -2.45. The monoisotopic (exact) mass is 599 g/mol. The van der Waals surface area contributed by atoms with Crippen LogP contribution < -0.4 is 9.80 Å². The predicted octanol–water partition coefficient (Wildman–Crippen LogP) is 5.25. The summed E-state index contributed by atoms with van der Waals surface area (Å²) in [6, 6.07) is 15.0. The van der Waals surface area contributed by atoms with Gasteiger partial charge < -0.3 is 24.9 Å². The van der Waals surface area contributed by atoms with Crippen molar-refractivity contribution in [1.82, 2.24) is 4.90 Å². The van der Waals surface area contributed by atoms with E-state index in [0.29, 0.717) is 43.0 Å². The van der Waals surface area contributed by atoms with Gasteiger partial charge in [-0.25, -0.2) is 0 Å². The van der Waals surface area contributed by atoms with Crippen LogP contribution in [-0.2, 0) is 26.5 Å². The van der Waals surface area contributed by atoms with Crippen molar-refractivity contribution >= 4 is 29.1 Å². The highest BCUT2D eigenvalue weighted by atomic mass is 16.3. The van der Waals surface area contributed by atoms with Crippen molar-refractivity contribution in [2.75, 3.05) is 36.0 Å². The highest BCUT2D eigenvalue weighted by Gasteiger charge is 2.52. The molecule has 3 amide bonds. The lowest BCUT2D eigenvalue weighted by Gasteiger charge is -2.32. The van der Waals surface area contributed by atoms with Gasteiger partial charge in [0.05, 0.1) is 12.3 Å². The molecule has 1 saturated heterocycles. The highest BCUT2D eigenvalue weighted by molar-refractivity contribution is 6.08. The number of anilines is 2. The van der Waals surface area contributed by atoms with Crippen LogP contribution in [0.1, 0.15) is 64.5 Å². The minimum Gasteiger partial charge on any atom is -0.395 e. The number of aliphatic hydroxyl groups is 2. The molecule has 0 aromatic heterocycles. The van der Waals surface area contributed by atoms with Gasteiger partial charge in [0.15, 0.2) is 5.60 Å². The van der Waals surface area contributed by atoms with E-state index in [0.717, 1.165) is 24.0 Å². The molecule has 2 atom stereocenters. The number of carbonyl (C=O) groups is 3. The van der Waals surface area contributed by atoms with Gasteiger partial charge in [0.25, 0.3) is 5.91 Å². The average Bonchev–Trinajstić information content (AvgIpc) is 3.21. The van der Waals surface area contributed by atoms with Gasteiger partial charge in [0.2, 0.25) is 11.8 Å².